The van der Waals surface area contributed by atoms with Crippen LogP contribution in [0, 0.1) is 5.92 Å². The highest BCUT2D eigenvalue weighted by molar-refractivity contribution is 5.85. The predicted octanol–water partition coefficient (Wildman–Crippen LogP) is 3.43. The topological polar surface area (TPSA) is 86.6 Å². The van der Waals surface area contributed by atoms with Crippen molar-refractivity contribution in [2.75, 3.05) is 26.9 Å². The van der Waals surface area contributed by atoms with E-state index in [0.717, 1.165) is 80.5 Å². The molecule has 1 atom stereocenters. The quantitative estimate of drug-likeness (QED) is 0.741. The van der Waals surface area contributed by atoms with Crippen molar-refractivity contribution in [1.29, 1.82) is 0 Å². The molecule has 2 aromatic rings. The fourth-order valence-corrected chi connectivity index (χ4v) is 4.54. The molecule has 0 radical (unpaired) electrons. The van der Waals surface area contributed by atoms with Crippen LogP contribution in [0.2, 0.25) is 0 Å². The molecule has 0 aromatic carbocycles. The summed E-state index contributed by atoms with van der Waals surface area (Å²) in [6.07, 6.45) is 9.83. The van der Waals surface area contributed by atoms with Crippen molar-refractivity contribution in [2.45, 2.75) is 70.0 Å². The van der Waals surface area contributed by atoms with Crippen LogP contribution in [-0.4, -0.2) is 59.2 Å². The Morgan fingerprint density at radius 1 is 1.10 bits per heavy atom. The second kappa shape index (κ2) is 9.98. The Morgan fingerprint density at radius 3 is 2.60 bits per heavy atom. The lowest BCUT2D eigenvalue weighted by Crippen LogP contribution is -2.26. The molecule has 0 spiro atoms. The predicted molar refractivity (Wildman–Crippen MR) is 114 cm³/mol. The third kappa shape index (κ3) is 5.07. The highest BCUT2D eigenvalue weighted by atomic mass is 16.5. The standard InChI is InChI=1S/C23H33N3O4/c1-15(14-28-2)11-21-24-13-20-22(26-21)19(16-3-5-17(27)6-4-16)12-25-23(20)30-18-7-9-29-10-8-18/h12-13,15-18,27H,3-11,14H2,1-2H3/t15-,16?,17?/m1/s1. The number of aromatic nitrogens is 3. The third-order valence-corrected chi connectivity index (χ3v) is 6.23. The van der Waals surface area contributed by atoms with Crippen LogP contribution < -0.4 is 4.74 Å². The van der Waals surface area contributed by atoms with E-state index in [1.165, 1.54) is 0 Å². The number of rotatable bonds is 7. The molecule has 7 nitrogen and oxygen atoms in total. The molecular formula is C23H33N3O4. The van der Waals surface area contributed by atoms with E-state index in [1.807, 2.05) is 12.4 Å². The van der Waals surface area contributed by atoms with Gasteiger partial charge in [0.2, 0.25) is 5.88 Å². The van der Waals surface area contributed by atoms with Gasteiger partial charge in [-0.1, -0.05) is 6.92 Å². The van der Waals surface area contributed by atoms with Crippen LogP contribution in [0.5, 0.6) is 5.88 Å². The molecule has 0 bridgehead atoms. The largest absolute Gasteiger partial charge is 0.474 e. The smallest absolute Gasteiger partial charge is 0.224 e. The summed E-state index contributed by atoms with van der Waals surface area (Å²) >= 11 is 0. The van der Waals surface area contributed by atoms with E-state index in [9.17, 15) is 5.11 Å². The maximum atomic E-state index is 9.92. The van der Waals surface area contributed by atoms with Crippen molar-refractivity contribution in [3.05, 3.63) is 23.8 Å². The van der Waals surface area contributed by atoms with E-state index >= 15 is 0 Å². The van der Waals surface area contributed by atoms with Gasteiger partial charge in [-0.15, -0.1) is 0 Å². The van der Waals surface area contributed by atoms with Crippen LogP contribution in [0.25, 0.3) is 10.9 Å². The minimum Gasteiger partial charge on any atom is -0.474 e. The molecule has 1 saturated carbocycles. The lowest BCUT2D eigenvalue weighted by Gasteiger charge is -2.27. The molecule has 1 N–H and O–H groups in total. The molecule has 1 aliphatic heterocycles. The molecule has 2 fully saturated rings. The summed E-state index contributed by atoms with van der Waals surface area (Å²) in [5.41, 5.74) is 2.10. The molecule has 7 heteroatoms. The van der Waals surface area contributed by atoms with Gasteiger partial charge in [-0.25, -0.2) is 15.0 Å². The fourth-order valence-electron chi connectivity index (χ4n) is 4.54. The van der Waals surface area contributed by atoms with Gasteiger partial charge in [-0.3, -0.25) is 0 Å². The molecular weight excluding hydrogens is 382 g/mol. The van der Waals surface area contributed by atoms with Crippen molar-refractivity contribution in [1.82, 2.24) is 15.0 Å². The summed E-state index contributed by atoms with van der Waals surface area (Å²) in [7, 11) is 1.72. The highest BCUT2D eigenvalue weighted by Gasteiger charge is 2.26. The lowest BCUT2D eigenvalue weighted by molar-refractivity contribution is 0.0244. The summed E-state index contributed by atoms with van der Waals surface area (Å²) in [6, 6.07) is 0. The van der Waals surface area contributed by atoms with Crippen LogP contribution in [0.4, 0.5) is 0 Å². The number of hydrogen-bond donors (Lipinski definition) is 1. The SMILES string of the molecule is COC[C@H](C)Cc1ncc2c(OC3CCOCC3)ncc(C3CCC(O)CC3)c2n1. The number of fused-ring (bicyclic) bond motifs is 1. The van der Waals surface area contributed by atoms with Gasteiger partial charge in [-0.2, -0.15) is 0 Å². The van der Waals surface area contributed by atoms with Crippen LogP contribution in [0.3, 0.4) is 0 Å². The number of hydrogen-bond acceptors (Lipinski definition) is 7. The molecule has 0 amide bonds. The van der Waals surface area contributed by atoms with Crippen LogP contribution in [-0.2, 0) is 15.9 Å². The van der Waals surface area contributed by atoms with Gasteiger partial charge < -0.3 is 19.3 Å². The lowest BCUT2D eigenvalue weighted by atomic mass is 9.82. The Labute approximate surface area is 178 Å². The molecule has 4 rings (SSSR count). The first-order valence-electron chi connectivity index (χ1n) is 11.2. The highest BCUT2D eigenvalue weighted by Crippen LogP contribution is 2.37. The number of nitrogens with zero attached hydrogens (tertiary/aromatic N) is 3. The first-order chi connectivity index (χ1) is 14.6. The van der Waals surface area contributed by atoms with Crippen molar-refractivity contribution < 1.29 is 19.3 Å². The Bertz CT molecular complexity index is 833. The summed E-state index contributed by atoms with van der Waals surface area (Å²) in [6.45, 7) is 4.28. The van der Waals surface area contributed by atoms with E-state index < -0.39 is 0 Å². The van der Waals surface area contributed by atoms with E-state index in [4.69, 9.17) is 19.2 Å². The second-order valence-corrected chi connectivity index (χ2v) is 8.77. The number of methoxy groups -OCH3 is 1. The monoisotopic (exact) mass is 415 g/mol. The van der Waals surface area contributed by atoms with Gasteiger partial charge in [0.25, 0.3) is 0 Å². The summed E-state index contributed by atoms with van der Waals surface area (Å²) in [4.78, 5) is 14.3. The summed E-state index contributed by atoms with van der Waals surface area (Å²) < 4.78 is 17.0. The van der Waals surface area contributed by atoms with Gasteiger partial charge in [0.05, 0.1) is 30.2 Å². The molecule has 2 aromatic heterocycles. The summed E-state index contributed by atoms with van der Waals surface area (Å²) in [5, 5.41) is 10.8. The zero-order chi connectivity index (χ0) is 20.9. The van der Waals surface area contributed by atoms with E-state index in [0.29, 0.717) is 24.3 Å². The molecule has 164 valence electrons. The average Bonchev–Trinajstić information content (AvgIpc) is 2.75. The van der Waals surface area contributed by atoms with Crippen molar-refractivity contribution >= 4 is 10.9 Å². The average molecular weight is 416 g/mol. The van der Waals surface area contributed by atoms with Crippen LogP contribution >= 0.6 is 0 Å². The Balaban J connectivity index is 1.67. The first-order valence-corrected chi connectivity index (χ1v) is 11.2. The molecule has 0 unspecified atom stereocenters. The number of aliphatic hydroxyl groups excluding tert-OH is 1. The molecule has 30 heavy (non-hydrogen) atoms. The molecule has 2 aliphatic rings. The first kappa shape index (κ1) is 21.4. The van der Waals surface area contributed by atoms with Crippen LogP contribution in [0.15, 0.2) is 12.4 Å². The fraction of sp³-hybridized carbons (Fsp3) is 0.696. The van der Waals surface area contributed by atoms with Gasteiger partial charge in [-0.05, 0) is 37.5 Å². The van der Waals surface area contributed by atoms with Gasteiger partial charge in [0.15, 0.2) is 0 Å². The maximum Gasteiger partial charge on any atom is 0.224 e. The van der Waals surface area contributed by atoms with Gasteiger partial charge >= 0.3 is 0 Å². The molecule has 3 heterocycles. The zero-order valence-corrected chi connectivity index (χ0v) is 18.0. The maximum absolute atomic E-state index is 9.92. The van der Waals surface area contributed by atoms with Gasteiger partial charge in [0.1, 0.15) is 11.9 Å². The number of ether oxygens (including phenoxy) is 3. The van der Waals surface area contributed by atoms with Crippen LogP contribution in [0.1, 0.15) is 62.8 Å². The minimum atomic E-state index is -0.184. The Hall–Kier alpha value is -1.83. The molecule has 1 saturated heterocycles. The third-order valence-electron chi connectivity index (χ3n) is 6.23. The second-order valence-electron chi connectivity index (χ2n) is 8.77. The Kier molecular flexibility index (Phi) is 7.12. The minimum absolute atomic E-state index is 0.117. The Morgan fingerprint density at radius 2 is 1.87 bits per heavy atom. The normalized spacial score (nSPS) is 24.1. The van der Waals surface area contributed by atoms with E-state index in [1.54, 1.807) is 7.11 Å². The number of pyridine rings is 1. The van der Waals surface area contributed by atoms with Crippen molar-refractivity contribution in [3.8, 4) is 5.88 Å². The summed E-state index contributed by atoms with van der Waals surface area (Å²) in [5.74, 6) is 2.15. The number of aliphatic hydroxyl groups is 1. The molecule has 1 aliphatic carbocycles. The zero-order valence-electron chi connectivity index (χ0n) is 18.0. The van der Waals surface area contributed by atoms with Crippen molar-refractivity contribution in [3.63, 3.8) is 0 Å². The van der Waals surface area contributed by atoms with Gasteiger partial charge in [0, 0.05) is 50.9 Å². The van der Waals surface area contributed by atoms with E-state index in [-0.39, 0.29) is 12.2 Å². The van der Waals surface area contributed by atoms with E-state index in [2.05, 4.69) is 16.9 Å². The van der Waals surface area contributed by atoms with Crippen molar-refractivity contribution in [2.24, 2.45) is 5.92 Å².